The summed E-state index contributed by atoms with van der Waals surface area (Å²) >= 11 is 0. The third-order valence-corrected chi connectivity index (χ3v) is 3.05. The van der Waals surface area contributed by atoms with E-state index in [0.29, 0.717) is 24.3 Å². The molecule has 1 aromatic rings. The molecule has 0 spiro atoms. The van der Waals surface area contributed by atoms with Crippen molar-refractivity contribution in [1.82, 2.24) is 0 Å². The van der Waals surface area contributed by atoms with Crippen molar-refractivity contribution < 1.29 is 13.9 Å². The lowest BCUT2D eigenvalue weighted by atomic mass is 10.0. The number of aryl methyl sites for hydroxylation is 1. The van der Waals surface area contributed by atoms with Crippen LogP contribution < -0.4 is 11.1 Å². The maximum absolute atomic E-state index is 12.9. The molecule has 1 aliphatic heterocycles. The van der Waals surface area contributed by atoms with E-state index in [2.05, 4.69) is 5.32 Å². The van der Waals surface area contributed by atoms with Crippen LogP contribution in [0, 0.1) is 12.7 Å². The summed E-state index contributed by atoms with van der Waals surface area (Å²) < 4.78 is 18.3. The van der Waals surface area contributed by atoms with Crippen LogP contribution in [0.5, 0.6) is 0 Å². The van der Waals surface area contributed by atoms with E-state index in [0.717, 1.165) is 6.42 Å². The molecule has 1 saturated heterocycles. The number of ether oxygens (including phenoxy) is 1. The smallest absolute Gasteiger partial charge is 0.253 e. The topological polar surface area (TPSA) is 64.4 Å². The standard InChI is InChI=1S/C13H17FN2O2/c1-8-6-9(14)2-4-11(8)16-13(17)12-5-3-10(15)7-18-12/h2,4,6,10,12H,3,5,7,15H2,1H3,(H,16,17)/t10-,12+/m1/s1. The molecule has 18 heavy (non-hydrogen) atoms. The van der Waals surface area contributed by atoms with Crippen LogP contribution in [0.25, 0.3) is 0 Å². The van der Waals surface area contributed by atoms with Gasteiger partial charge in [-0.1, -0.05) is 0 Å². The van der Waals surface area contributed by atoms with Crippen LogP contribution >= 0.6 is 0 Å². The second kappa shape index (κ2) is 5.46. The van der Waals surface area contributed by atoms with Crippen molar-refractivity contribution in [3.8, 4) is 0 Å². The van der Waals surface area contributed by atoms with E-state index in [9.17, 15) is 9.18 Å². The largest absolute Gasteiger partial charge is 0.367 e. The zero-order valence-electron chi connectivity index (χ0n) is 10.3. The van der Waals surface area contributed by atoms with Crippen LogP contribution in [0.15, 0.2) is 18.2 Å². The third-order valence-electron chi connectivity index (χ3n) is 3.05. The van der Waals surface area contributed by atoms with Gasteiger partial charge in [-0.25, -0.2) is 4.39 Å². The fourth-order valence-corrected chi connectivity index (χ4v) is 1.96. The van der Waals surface area contributed by atoms with Gasteiger partial charge in [-0.05, 0) is 43.5 Å². The van der Waals surface area contributed by atoms with Crippen molar-refractivity contribution in [1.29, 1.82) is 0 Å². The SMILES string of the molecule is Cc1cc(F)ccc1NC(=O)[C@@H]1CC[C@@H](N)CO1. The summed E-state index contributed by atoms with van der Waals surface area (Å²) in [5.41, 5.74) is 6.99. The summed E-state index contributed by atoms with van der Waals surface area (Å²) in [5, 5.41) is 2.75. The van der Waals surface area contributed by atoms with Gasteiger partial charge in [-0.2, -0.15) is 0 Å². The Morgan fingerprint density at radius 3 is 2.89 bits per heavy atom. The van der Waals surface area contributed by atoms with Gasteiger partial charge in [-0.15, -0.1) is 0 Å². The second-order valence-electron chi connectivity index (χ2n) is 4.61. The number of hydrogen-bond acceptors (Lipinski definition) is 3. The average molecular weight is 252 g/mol. The molecule has 1 aromatic carbocycles. The van der Waals surface area contributed by atoms with Gasteiger partial charge in [0.1, 0.15) is 11.9 Å². The summed E-state index contributed by atoms with van der Waals surface area (Å²) in [7, 11) is 0. The summed E-state index contributed by atoms with van der Waals surface area (Å²) in [4.78, 5) is 11.9. The Kier molecular flexibility index (Phi) is 3.93. The first kappa shape index (κ1) is 13.0. The zero-order chi connectivity index (χ0) is 13.1. The molecule has 4 nitrogen and oxygen atoms in total. The first-order valence-electron chi connectivity index (χ1n) is 6.00. The second-order valence-corrected chi connectivity index (χ2v) is 4.61. The van der Waals surface area contributed by atoms with Crippen LogP contribution in [-0.4, -0.2) is 24.7 Å². The monoisotopic (exact) mass is 252 g/mol. The molecular formula is C13H17FN2O2. The van der Waals surface area contributed by atoms with Crippen molar-refractivity contribution in [2.24, 2.45) is 5.73 Å². The minimum Gasteiger partial charge on any atom is -0.367 e. The van der Waals surface area contributed by atoms with Crippen LogP contribution in [0.4, 0.5) is 10.1 Å². The number of rotatable bonds is 2. The number of amides is 1. The van der Waals surface area contributed by atoms with Gasteiger partial charge in [0.2, 0.25) is 0 Å². The van der Waals surface area contributed by atoms with E-state index in [-0.39, 0.29) is 17.8 Å². The lowest BCUT2D eigenvalue weighted by molar-refractivity contribution is -0.130. The quantitative estimate of drug-likeness (QED) is 0.840. The Balaban J connectivity index is 1.98. The van der Waals surface area contributed by atoms with Gasteiger partial charge in [0.05, 0.1) is 6.61 Å². The third kappa shape index (κ3) is 3.05. The maximum Gasteiger partial charge on any atom is 0.253 e. The number of nitrogens with two attached hydrogens (primary N) is 1. The fourth-order valence-electron chi connectivity index (χ4n) is 1.96. The molecular weight excluding hydrogens is 235 g/mol. The van der Waals surface area contributed by atoms with Gasteiger partial charge in [0.15, 0.2) is 0 Å². The van der Waals surface area contributed by atoms with Gasteiger partial charge in [0, 0.05) is 11.7 Å². The van der Waals surface area contributed by atoms with Crippen molar-refractivity contribution >= 4 is 11.6 Å². The molecule has 0 aliphatic carbocycles. The Morgan fingerprint density at radius 1 is 1.50 bits per heavy atom. The number of benzene rings is 1. The minimum absolute atomic E-state index is 0.0154. The van der Waals surface area contributed by atoms with E-state index in [4.69, 9.17) is 10.5 Å². The molecule has 1 aliphatic rings. The highest BCUT2D eigenvalue weighted by molar-refractivity contribution is 5.94. The van der Waals surface area contributed by atoms with Crippen molar-refractivity contribution in [3.05, 3.63) is 29.6 Å². The van der Waals surface area contributed by atoms with Crippen molar-refractivity contribution in [3.63, 3.8) is 0 Å². The number of carbonyl (C=O) groups excluding carboxylic acids is 1. The van der Waals surface area contributed by atoms with Gasteiger partial charge >= 0.3 is 0 Å². The predicted molar refractivity (Wildman–Crippen MR) is 66.7 cm³/mol. The van der Waals surface area contributed by atoms with Crippen LogP contribution in [0.1, 0.15) is 18.4 Å². The highest BCUT2D eigenvalue weighted by Gasteiger charge is 2.25. The molecule has 3 N–H and O–H groups in total. The number of anilines is 1. The lowest BCUT2D eigenvalue weighted by Gasteiger charge is -2.26. The van der Waals surface area contributed by atoms with E-state index in [1.165, 1.54) is 12.1 Å². The van der Waals surface area contributed by atoms with E-state index < -0.39 is 6.10 Å². The normalized spacial score (nSPS) is 23.7. The molecule has 0 bridgehead atoms. The Labute approximate surface area is 105 Å². The lowest BCUT2D eigenvalue weighted by Crippen LogP contribution is -2.41. The highest BCUT2D eigenvalue weighted by Crippen LogP contribution is 2.18. The van der Waals surface area contributed by atoms with Crippen LogP contribution in [-0.2, 0) is 9.53 Å². The number of nitrogens with one attached hydrogen (secondary N) is 1. The summed E-state index contributed by atoms with van der Waals surface area (Å²) in [5.74, 6) is -0.512. The summed E-state index contributed by atoms with van der Waals surface area (Å²) in [6.07, 6.45) is 0.933. The van der Waals surface area contributed by atoms with E-state index in [1.54, 1.807) is 13.0 Å². The fraction of sp³-hybridized carbons (Fsp3) is 0.462. The maximum atomic E-state index is 12.9. The molecule has 98 valence electrons. The molecule has 0 unspecified atom stereocenters. The molecule has 5 heteroatoms. The van der Waals surface area contributed by atoms with Gasteiger partial charge < -0.3 is 15.8 Å². The molecule has 0 aromatic heterocycles. The number of halogens is 1. The van der Waals surface area contributed by atoms with Gasteiger partial charge in [-0.3, -0.25) is 4.79 Å². The molecule has 2 atom stereocenters. The molecule has 2 rings (SSSR count). The van der Waals surface area contributed by atoms with Gasteiger partial charge in [0.25, 0.3) is 5.91 Å². The van der Waals surface area contributed by atoms with Crippen molar-refractivity contribution in [2.75, 3.05) is 11.9 Å². The summed E-state index contributed by atoms with van der Waals surface area (Å²) in [6.45, 7) is 2.15. The first-order valence-corrected chi connectivity index (χ1v) is 6.00. The van der Waals surface area contributed by atoms with Crippen LogP contribution in [0.2, 0.25) is 0 Å². The van der Waals surface area contributed by atoms with Crippen LogP contribution in [0.3, 0.4) is 0 Å². The first-order chi connectivity index (χ1) is 8.56. The molecule has 1 amide bonds. The molecule has 1 heterocycles. The highest BCUT2D eigenvalue weighted by atomic mass is 19.1. The minimum atomic E-state index is -0.464. The number of hydrogen-bond donors (Lipinski definition) is 2. The Hall–Kier alpha value is -1.46. The molecule has 1 fully saturated rings. The van der Waals surface area contributed by atoms with E-state index >= 15 is 0 Å². The van der Waals surface area contributed by atoms with E-state index in [1.807, 2.05) is 0 Å². The Morgan fingerprint density at radius 2 is 2.28 bits per heavy atom. The predicted octanol–water partition coefficient (Wildman–Crippen LogP) is 1.58. The molecule has 0 saturated carbocycles. The summed E-state index contributed by atoms with van der Waals surface area (Å²) in [6, 6.07) is 4.27. The number of carbonyl (C=O) groups is 1. The zero-order valence-corrected chi connectivity index (χ0v) is 10.3. The Bertz CT molecular complexity index is 443. The molecule has 0 radical (unpaired) electrons. The van der Waals surface area contributed by atoms with Crippen molar-refractivity contribution in [2.45, 2.75) is 31.9 Å². The average Bonchev–Trinajstić information content (AvgIpc) is 2.33.